The molecule has 18 heavy (non-hydrogen) atoms. The third-order valence-corrected chi connectivity index (χ3v) is 3.79. The van der Waals surface area contributed by atoms with Gasteiger partial charge in [-0.15, -0.1) is 11.6 Å². The molecule has 2 rings (SSSR count). The van der Waals surface area contributed by atoms with Crippen molar-refractivity contribution in [2.24, 2.45) is 13.0 Å². The molecule has 0 radical (unpaired) electrons. The van der Waals surface area contributed by atoms with E-state index >= 15 is 0 Å². The van der Waals surface area contributed by atoms with E-state index in [1.165, 1.54) is 0 Å². The summed E-state index contributed by atoms with van der Waals surface area (Å²) in [4.78, 5) is 4.68. The smallest absolute Gasteiger partial charge is 0.158 e. The number of halogens is 1. The Balaban J connectivity index is 2.77. The van der Waals surface area contributed by atoms with Gasteiger partial charge in [-0.05, 0) is 26.7 Å². The van der Waals surface area contributed by atoms with Crippen LogP contribution in [0.15, 0.2) is 0 Å². The van der Waals surface area contributed by atoms with Gasteiger partial charge in [0.05, 0.1) is 11.1 Å². The topological polar surface area (TPSA) is 35.6 Å². The van der Waals surface area contributed by atoms with E-state index in [2.05, 4.69) is 35.4 Å². The molecule has 2 aromatic heterocycles. The van der Waals surface area contributed by atoms with Crippen molar-refractivity contribution in [3.8, 4) is 0 Å². The van der Waals surface area contributed by atoms with Crippen LogP contribution in [0, 0.1) is 12.8 Å². The van der Waals surface area contributed by atoms with Gasteiger partial charge in [-0.1, -0.05) is 13.8 Å². The van der Waals surface area contributed by atoms with Crippen molar-refractivity contribution in [1.29, 1.82) is 0 Å². The summed E-state index contributed by atoms with van der Waals surface area (Å²) in [5.41, 5.74) is 2.99. The highest BCUT2D eigenvalue weighted by molar-refractivity contribution is 6.20. The molecule has 0 amide bonds. The minimum Gasteiger partial charge on any atom is -0.309 e. The highest BCUT2D eigenvalue weighted by Crippen LogP contribution is 2.31. The molecule has 2 unspecified atom stereocenters. The van der Waals surface area contributed by atoms with Crippen LogP contribution < -0.4 is 0 Å². The number of aryl methyl sites for hydroxylation is 2. The van der Waals surface area contributed by atoms with Crippen LogP contribution in [0.3, 0.4) is 0 Å². The molecule has 2 heterocycles. The summed E-state index contributed by atoms with van der Waals surface area (Å²) in [5.74, 6) is 1.45. The van der Waals surface area contributed by atoms with Crippen LogP contribution in [0.2, 0.25) is 0 Å². The molecule has 2 atom stereocenters. The van der Waals surface area contributed by atoms with E-state index in [9.17, 15) is 0 Å². The van der Waals surface area contributed by atoms with Gasteiger partial charge in [-0.2, -0.15) is 5.10 Å². The first-order valence-electron chi connectivity index (χ1n) is 6.40. The molecule has 0 saturated carbocycles. The fourth-order valence-corrected chi connectivity index (χ4v) is 2.45. The number of alkyl halides is 1. The second-order valence-corrected chi connectivity index (χ2v) is 5.98. The summed E-state index contributed by atoms with van der Waals surface area (Å²) in [6, 6.07) is 0.348. The number of aromatic nitrogens is 4. The van der Waals surface area contributed by atoms with Crippen molar-refractivity contribution in [3.05, 3.63) is 11.5 Å². The zero-order chi connectivity index (χ0) is 13.6. The minimum atomic E-state index is -0.0991. The van der Waals surface area contributed by atoms with Gasteiger partial charge in [0.1, 0.15) is 11.3 Å². The molecule has 0 bridgehead atoms. The summed E-state index contributed by atoms with van der Waals surface area (Å²) < 4.78 is 4.14. The van der Waals surface area contributed by atoms with Crippen LogP contribution in [0.4, 0.5) is 0 Å². The average Bonchev–Trinajstić information content (AvgIpc) is 2.77. The molecule has 4 nitrogen and oxygen atoms in total. The van der Waals surface area contributed by atoms with Crippen LogP contribution >= 0.6 is 11.6 Å². The second kappa shape index (κ2) is 4.57. The van der Waals surface area contributed by atoms with Gasteiger partial charge >= 0.3 is 0 Å². The first kappa shape index (κ1) is 13.4. The van der Waals surface area contributed by atoms with Crippen molar-refractivity contribution in [3.63, 3.8) is 0 Å². The summed E-state index contributed by atoms with van der Waals surface area (Å²) in [7, 11) is 1.96. The maximum atomic E-state index is 6.28. The maximum absolute atomic E-state index is 6.28. The minimum absolute atomic E-state index is 0.0991. The Hall–Kier alpha value is -1.03. The number of hydrogen-bond donors (Lipinski definition) is 0. The number of fused-ring (bicyclic) bond motifs is 1. The Morgan fingerprint density at radius 3 is 2.28 bits per heavy atom. The monoisotopic (exact) mass is 268 g/mol. The number of hydrogen-bond acceptors (Lipinski definition) is 2. The summed E-state index contributed by atoms with van der Waals surface area (Å²) in [6.45, 7) is 10.6. The first-order chi connectivity index (χ1) is 8.34. The molecule has 0 aliphatic heterocycles. The molecule has 0 aromatic carbocycles. The van der Waals surface area contributed by atoms with Crippen molar-refractivity contribution < 1.29 is 0 Å². The fraction of sp³-hybridized carbons (Fsp3) is 0.692. The van der Waals surface area contributed by atoms with Crippen LogP contribution in [0.1, 0.15) is 50.6 Å². The Kier molecular flexibility index (Phi) is 3.41. The van der Waals surface area contributed by atoms with Crippen LogP contribution in [0.25, 0.3) is 11.2 Å². The van der Waals surface area contributed by atoms with E-state index < -0.39 is 0 Å². The van der Waals surface area contributed by atoms with E-state index in [1.807, 2.05) is 25.6 Å². The molecule has 0 aliphatic rings. The first-order valence-corrected chi connectivity index (χ1v) is 6.83. The van der Waals surface area contributed by atoms with Gasteiger partial charge in [-0.3, -0.25) is 4.68 Å². The van der Waals surface area contributed by atoms with Crippen molar-refractivity contribution in [2.75, 3.05) is 0 Å². The third-order valence-electron chi connectivity index (χ3n) is 3.59. The largest absolute Gasteiger partial charge is 0.309 e. The molecule has 5 heteroatoms. The Labute approximate surface area is 113 Å². The highest BCUT2D eigenvalue weighted by atomic mass is 35.5. The zero-order valence-corrected chi connectivity index (χ0v) is 12.7. The van der Waals surface area contributed by atoms with Crippen LogP contribution in [-0.4, -0.2) is 19.3 Å². The van der Waals surface area contributed by atoms with Gasteiger partial charge in [0.25, 0.3) is 0 Å². The normalized spacial score (nSPS) is 15.6. The van der Waals surface area contributed by atoms with E-state index in [1.54, 1.807) is 0 Å². The Bertz CT molecular complexity index is 565. The number of nitrogens with zero attached hydrogens (tertiary/aromatic N) is 4. The number of rotatable bonds is 3. The van der Waals surface area contributed by atoms with Gasteiger partial charge in [0.15, 0.2) is 5.65 Å². The molecule has 0 fully saturated rings. The summed E-state index contributed by atoms with van der Waals surface area (Å²) in [6.07, 6.45) is 0. The Morgan fingerprint density at radius 1 is 1.17 bits per heavy atom. The van der Waals surface area contributed by atoms with E-state index in [0.29, 0.717) is 12.0 Å². The fourth-order valence-electron chi connectivity index (χ4n) is 2.29. The van der Waals surface area contributed by atoms with E-state index in [4.69, 9.17) is 11.6 Å². The molecule has 2 aromatic rings. The van der Waals surface area contributed by atoms with Gasteiger partial charge in [0.2, 0.25) is 0 Å². The molecule has 0 aliphatic carbocycles. The lowest BCUT2D eigenvalue weighted by Crippen LogP contribution is -2.16. The molecule has 0 saturated heterocycles. The quantitative estimate of drug-likeness (QED) is 0.798. The Morgan fingerprint density at radius 2 is 1.78 bits per heavy atom. The molecular weight excluding hydrogens is 248 g/mol. The predicted octanol–water partition coefficient (Wildman–Crippen LogP) is 3.60. The highest BCUT2D eigenvalue weighted by Gasteiger charge is 2.24. The summed E-state index contributed by atoms with van der Waals surface area (Å²) >= 11 is 6.28. The lowest BCUT2D eigenvalue weighted by molar-refractivity contribution is 0.400. The molecule has 100 valence electrons. The van der Waals surface area contributed by atoms with Crippen molar-refractivity contribution >= 4 is 22.8 Å². The van der Waals surface area contributed by atoms with Crippen molar-refractivity contribution in [1.82, 2.24) is 19.3 Å². The summed E-state index contributed by atoms with van der Waals surface area (Å²) in [5, 5.41) is 4.34. The zero-order valence-electron chi connectivity index (χ0n) is 11.9. The van der Waals surface area contributed by atoms with E-state index in [-0.39, 0.29) is 5.38 Å². The standard InChI is InChI=1S/C13H21ClN4/c1-7(2)10(5)18-12(8(3)14)15-11-9(4)16-17(6)13(11)18/h7-8,10H,1-6H3. The number of imidazole rings is 1. The van der Waals surface area contributed by atoms with Crippen molar-refractivity contribution in [2.45, 2.75) is 46.0 Å². The van der Waals surface area contributed by atoms with Gasteiger partial charge in [0, 0.05) is 13.1 Å². The van der Waals surface area contributed by atoms with Gasteiger partial charge in [-0.25, -0.2) is 4.98 Å². The lowest BCUT2D eigenvalue weighted by Gasteiger charge is -2.21. The van der Waals surface area contributed by atoms with E-state index in [0.717, 1.165) is 22.7 Å². The average molecular weight is 269 g/mol. The van der Waals surface area contributed by atoms with Crippen LogP contribution in [-0.2, 0) is 7.05 Å². The molecule has 0 spiro atoms. The van der Waals surface area contributed by atoms with Gasteiger partial charge < -0.3 is 4.57 Å². The maximum Gasteiger partial charge on any atom is 0.158 e. The lowest BCUT2D eigenvalue weighted by atomic mass is 10.1. The second-order valence-electron chi connectivity index (χ2n) is 5.32. The predicted molar refractivity (Wildman–Crippen MR) is 75.1 cm³/mol. The molecular formula is C13H21ClN4. The SMILES string of the molecule is Cc1nn(C)c2c1nc(C(C)Cl)n2C(C)C(C)C. The van der Waals surface area contributed by atoms with Crippen LogP contribution in [0.5, 0.6) is 0 Å². The molecule has 0 N–H and O–H groups in total. The third kappa shape index (κ3) is 1.92.